The van der Waals surface area contributed by atoms with E-state index in [1.165, 1.54) is 5.56 Å². The Labute approximate surface area is 124 Å². The third-order valence-corrected chi connectivity index (χ3v) is 4.14. The standard InChI is InChI=1S/C18H19NO2/c1-21-15-9-7-14(8-10-15)17-16(11-12-19-18(17)20)13-5-3-2-4-6-13/h2-10,16-17H,11-12H2,1H3,(H,19,20)/t16-,17-/m0/s1. The van der Waals surface area contributed by atoms with Crippen molar-refractivity contribution in [1.82, 2.24) is 5.32 Å². The van der Waals surface area contributed by atoms with Gasteiger partial charge in [-0.2, -0.15) is 0 Å². The highest BCUT2D eigenvalue weighted by Gasteiger charge is 2.34. The van der Waals surface area contributed by atoms with Crippen LogP contribution >= 0.6 is 0 Å². The van der Waals surface area contributed by atoms with Crippen LogP contribution in [-0.4, -0.2) is 19.6 Å². The molecule has 1 heterocycles. The van der Waals surface area contributed by atoms with Gasteiger partial charge in [0.25, 0.3) is 0 Å². The fraction of sp³-hybridized carbons (Fsp3) is 0.278. The molecule has 2 aromatic rings. The van der Waals surface area contributed by atoms with E-state index in [4.69, 9.17) is 4.74 Å². The first-order valence-corrected chi connectivity index (χ1v) is 7.26. The summed E-state index contributed by atoms with van der Waals surface area (Å²) in [5.41, 5.74) is 2.27. The second kappa shape index (κ2) is 6.00. The zero-order valence-corrected chi connectivity index (χ0v) is 12.1. The van der Waals surface area contributed by atoms with E-state index in [0.717, 1.165) is 24.3 Å². The number of rotatable bonds is 3. The van der Waals surface area contributed by atoms with Crippen LogP contribution in [0.4, 0.5) is 0 Å². The first-order chi connectivity index (χ1) is 10.3. The van der Waals surface area contributed by atoms with E-state index >= 15 is 0 Å². The predicted octanol–water partition coefficient (Wildman–Crippen LogP) is 3.08. The Morgan fingerprint density at radius 1 is 1.00 bits per heavy atom. The number of benzene rings is 2. The van der Waals surface area contributed by atoms with Gasteiger partial charge in [-0.1, -0.05) is 42.5 Å². The number of nitrogens with one attached hydrogen (secondary N) is 1. The molecule has 0 radical (unpaired) electrons. The van der Waals surface area contributed by atoms with Gasteiger partial charge in [-0.15, -0.1) is 0 Å². The summed E-state index contributed by atoms with van der Waals surface area (Å²) in [6.45, 7) is 0.741. The Kier molecular flexibility index (Phi) is 3.91. The molecule has 108 valence electrons. The van der Waals surface area contributed by atoms with Crippen LogP contribution < -0.4 is 10.1 Å². The summed E-state index contributed by atoms with van der Waals surface area (Å²) in [7, 11) is 1.65. The van der Waals surface area contributed by atoms with Crippen LogP contribution in [0.2, 0.25) is 0 Å². The van der Waals surface area contributed by atoms with Crippen LogP contribution in [0.5, 0.6) is 5.75 Å². The molecule has 21 heavy (non-hydrogen) atoms. The van der Waals surface area contributed by atoms with Crippen LogP contribution in [0.3, 0.4) is 0 Å². The number of carbonyl (C=O) groups is 1. The van der Waals surface area contributed by atoms with Gasteiger partial charge >= 0.3 is 0 Å². The first-order valence-electron chi connectivity index (χ1n) is 7.26. The molecular formula is C18H19NO2. The van der Waals surface area contributed by atoms with Gasteiger partial charge in [0.2, 0.25) is 5.91 Å². The molecule has 0 aliphatic carbocycles. The molecule has 1 amide bonds. The second-order valence-electron chi connectivity index (χ2n) is 5.35. The molecule has 0 bridgehead atoms. The number of amides is 1. The zero-order chi connectivity index (χ0) is 14.7. The number of hydrogen-bond donors (Lipinski definition) is 1. The van der Waals surface area contributed by atoms with Crippen molar-refractivity contribution < 1.29 is 9.53 Å². The second-order valence-corrected chi connectivity index (χ2v) is 5.35. The molecule has 2 atom stereocenters. The van der Waals surface area contributed by atoms with Gasteiger partial charge in [0, 0.05) is 12.5 Å². The Balaban J connectivity index is 1.96. The van der Waals surface area contributed by atoms with Crippen molar-refractivity contribution in [2.24, 2.45) is 0 Å². The first kappa shape index (κ1) is 13.7. The summed E-state index contributed by atoms with van der Waals surface area (Å²) in [6.07, 6.45) is 0.965. The smallest absolute Gasteiger partial charge is 0.228 e. The summed E-state index contributed by atoms with van der Waals surface area (Å²) in [6, 6.07) is 18.1. The lowest BCUT2D eigenvalue weighted by molar-refractivity contribution is -0.124. The molecule has 0 aromatic heterocycles. The number of piperidine rings is 1. The van der Waals surface area contributed by atoms with Crippen molar-refractivity contribution in [2.45, 2.75) is 18.3 Å². The normalized spacial score (nSPS) is 21.7. The summed E-state index contributed by atoms with van der Waals surface area (Å²) >= 11 is 0. The highest BCUT2D eigenvalue weighted by atomic mass is 16.5. The molecule has 2 aromatic carbocycles. The lowest BCUT2D eigenvalue weighted by atomic mass is 9.77. The van der Waals surface area contributed by atoms with Crippen molar-refractivity contribution >= 4 is 5.91 Å². The monoisotopic (exact) mass is 281 g/mol. The lowest BCUT2D eigenvalue weighted by Gasteiger charge is -2.31. The molecule has 0 unspecified atom stereocenters. The van der Waals surface area contributed by atoms with E-state index in [0.29, 0.717) is 0 Å². The average molecular weight is 281 g/mol. The van der Waals surface area contributed by atoms with Crippen LogP contribution in [0, 0.1) is 0 Å². The van der Waals surface area contributed by atoms with Gasteiger partial charge in [0.05, 0.1) is 13.0 Å². The number of methoxy groups -OCH3 is 1. The van der Waals surface area contributed by atoms with E-state index in [1.54, 1.807) is 7.11 Å². The molecule has 1 N–H and O–H groups in total. The average Bonchev–Trinajstić information content (AvgIpc) is 2.55. The van der Waals surface area contributed by atoms with E-state index in [1.807, 2.05) is 42.5 Å². The van der Waals surface area contributed by atoms with E-state index < -0.39 is 0 Å². The van der Waals surface area contributed by atoms with Crippen LogP contribution in [0.15, 0.2) is 54.6 Å². The van der Waals surface area contributed by atoms with Crippen LogP contribution in [0.1, 0.15) is 29.4 Å². The summed E-state index contributed by atoms with van der Waals surface area (Å²) in [5, 5.41) is 2.99. The van der Waals surface area contributed by atoms with E-state index in [2.05, 4.69) is 17.4 Å². The van der Waals surface area contributed by atoms with Gasteiger partial charge in [-0.3, -0.25) is 4.79 Å². The SMILES string of the molecule is COc1ccc([C@@H]2C(=O)NCC[C@H]2c2ccccc2)cc1. The Bertz CT molecular complexity index is 607. The number of hydrogen-bond acceptors (Lipinski definition) is 2. The fourth-order valence-electron chi connectivity index (χ4n) is 3.06. The molecule has 1 fully saturated rings. The zero-order valence-electron chi connectivity index (χ0n) is 12.1. The molecule has 3 heteroatoms. The quantitative estimate of drug-likeness (QED) is 0.939. The minimum absolute atomic E-state index is 0.111. The van der Waals surface area contributed by atoms with Gasteiger partial charge < -0.3 is 10.1 Å². The van der Waals surface area contributed by atoms with Gasteiger partial charge in [-0.25, -0.2) is 0 Å². The maximum absolute atomic E-state index is 12.4. The molecule has 1 saturated heterocycles. The Morgan fingerprint density at radius 3 is 2.38 bits per heavy atom. The third-order valence-electron chi connectivity index (χ3n) is 4.14. The third kappa shape index (κ3) is 2.77. The summed E-state index contributed by atoms with van der Waals surface area (Å²) in [5.74, 6) is 1.02. The van der Waals surface area contributed by atoms with E-state index in [-0.39, 0.29) is 17.7 Å². The summed E-state index contributed by atoms with van der Waals surface area (Å²) < 4.78 is 5.19. The van der Waals surface area contributed by atoms with Crippen LogP contribution in [0.25, 0.3) is 0 Å². The van der Waals surface area contributed by atoms with Gasteiger partial charge in [0.15, 0.2) is 0 Å². The maximum Gasteiger partial charge on any atom is 0.228 e. The minimum Gasteiger partial charge on any atom is -0.497 e. The van der Waals surface area contributed by atoms with Gasteiger partial charge in [-0.05, 0) is 29.7 Å². The highest BCUT2D eigenvalue weighted by Crippen LogP contribution is 2.38. The molecular weight excluding hydrogens is 262 g/mol. The van der Waals surface area contributed by atoms with Crippen molar-refractivity contribution in [3.05, 3.63) is 65.7 Å². The number of carbonyl (C=O) groups excluding carboxylic acids is 1. The van der Waals surface area contributed by atoms with Crippen molar-refractivity contribution in [3.8, 4) is 5.75 Å². The molecule has 3 nitrogen and oxygen atoms in total. The lowest BCUT2D eigenvalue weighted by Crippen LogP contribution is -2.39. The summed E-state index contributed by atoms with van der Waals surface area (Å²) in [4.78, 5) is 12.4. The van der Waals surface area contributed by atoms with Crippen molar-refractivity contribution in [3.63, 3.8) is 0 Å². The predicted molar refractivity (Wildman–Crippen MR) is 82.5 cm³/mol. The fourth-order valence-corrected chi connectivity index (χ4v) is 3.06. The Hall–Kier alpha value is -2.29. The van der Waals surface area contributed by atoms with E-state index in [9.17, 15) is 4.79 Å². The van der Waals surface area contributed by atoms with Crippen molar-refractivity contribution in [2.75, 3.05) is 13.7 Å². The Morgan fingerprint density at radius 2 is 1.71 bits per heavy atom. The molecule has 3 rings (SSSR count). The van der Waals surface area contributed by atoms with Crippen LogP contribution in [-0.2, 0) is 4.79 Å². The molecule has 1 aliphatic rings. The molecule has 0 saturated carbocycles. The number of ether oxygens (including phenoxy) is 1. The topological polar surface area (TPSA) is 38.3 Å². The molecule has 0 spiro atoms. The maximum atomic E-state index is 12.4. The van der Waals surface area contributed by atoms with Gasteiger partial charge in [0.1, 0.15) is 5.75 Å². The highest BCUT2D eigenvalue weighted by molar-refractivity contribution is 5.85. The minimum atomic E-state index is -0.132. The molecule has 1 aliphatic heterocycles. The largest absolute Gasteiger partial charge is 0.497 e. The van der Waals surface area contributed by atoms with Crippen molar-refractivity contribution in [1.29, 1.82) is 0 Å².